The second-order valence-electron chi connectivity index (χ2n) is 5.02. The second kappa shape index (κ2) is 6.10. The van der Waals surface area contributed by atoms with Crippen molar-refractivity contribution in [1.82, 2.24) is 24.9 Å². The van der Waals surface area contributed by atoms with Gasteiger partial charge >= 0.3 is 0 Å². The van der Waals surface area contributed by atoms with Crippen LogP contribution in [-0.4, -0.2) is 26.6 Å². The third-order valence-corrected chi connectivity index (χ3v) is 4.88. The van der Waals surface area contributed by atoms with Crippen LogP contribution in [0.1, 0.15) is 35.6 Å². The first-order valence-corrected chi connectivity index (χ1v) is 7.66. The van der Waals surface area contributed by atoms with E-state index < -0.39 is 0 Å². The van der Waals surface area contributed by atoms with Gasteiger partial charge in [-0.2, -0.15) is 10.2 Å². The van der Waals surface area contributed by atoms with Crippen molar-refractivity contribution in [2.24, 2.45) is 7.05 Å². The Kier molecular flexibility index (Phi) is 4.65. The number of nitrogens with one attached hydrogen (secondary N) is 1. The molecule has 1 N–H and O–H groups in total. The van der Waals surface area contributed by atoms with E-state index in [4.69, 9.17) is 0 Å². The van der Waals surface area contributed by atoms with Gasteiger partial charge in [-0.25, -0.2) is 0 Å². The topological polar surface area (TPSA) is 47.7 Å². The van der Waals surface area contributed by atoms with Crippen LogP contribution in [-0.2, 0) is 20.0 Å². The first kappa shape index (κ1) is 15.3. The molecule has 0 spiro atoms. The molecule has 0 aromatic carbocycles. The molecule has 5 nitrogen and oxygen atoms in total. The van der Waals surface area contributed by atoms with Gasteiger partial charge in [0.05, 0.1) is 22.1 Å². The van der Waals surface area contributed by atoms with E-state index in [-0.39, 0.29) is 6.04 Å². The third kappa shape index (κ3) is 2.67. The Morgan fingerprint density at radius 1 is 1.40 bits per heavy atom. The summed E-state index contributed by atoms with van der Waals surface area (Å²) in [5, 5.41) is 12.3. The predicted molar refractivity (Wildman–Crippen MR) is 83.8 cm³/mol. The Labute approximate surface area is 128 Å². The standard InChI is InChI=1S/C14H22BrN5/c1-6-20-13(14(15)9(2)18-20)7-12(16-4)11-8-17-19(5)10(11)3/h8,12,16H,6-7H2,1-5H3. The van der Waals surface area contributed by atoms with Gasteiger partial charge in [-0.1, -0.05) is 0 Å². The lowest BCUT2D eigenvalue weighted by molar-refractivity contribution is 0.537. The van der Waals surface area contributed by atoms with Gasteiger partial charge in [-0.15, -0.1) is 0 Å². The molecule has 0 saturated carbocycles. The van der Waals surface area contributed by atoms with E-state index in [0.29, 0.717) is 0 Å². The smallest absolute Gasteiger partial charge is 0.0738 e. The van der Waals surface area contributed by atoms with E-state index in [0.717, 1.165) is 23.1 Å². The number of aromatic nitrogens is 4. The van der Waals surface area contributed by atoms with Crippen LogP contribution in [0.5, 0.6) is 0 Å². The molecule has 20 heavy (non-hydrogen) atoms. The highest BCUT2D eigenvalue weighted by Gasteiger charge is 2.20. The molecule has 2 aromatic rings. The van der Waals surface area contributed by atoms with E-state index >= 15 is 0 Å². The summed E-state index contributed by atoms with van der Waals surface area (Å²) >= 11 is 3.66. The summed E-state index contributed by atoms with van der Waals surface area (Å²) in [5.41, 5.74) is 4.70. The molecule has 0 radical (unpaired) electrons. The molecular formula is C14H22BrN5. The van der Waals surface area contributed by atoms with E-state index in [9.17, 15) is 0 Å². The lowest BCUT2D eigenvalue weighted by atomic mass is 10.0. The Balaban J connectivity index is 2.34. The van der Waals surface area contributed by atoms with Crippen LogP contribution in [0.15, 0.2) is 10.7 Å². The molecule has 2 heterocycles. The molecule has 0 aliphatic carbocycles. The molecular weight excluding hydrogens is 318 g/mol. The van der Waals surface area contributed by atoms with Crippen molar-refractivity contribution in [2.45, 2.75) is 39.8 Å². The van der Waals surface area contributed by atoms with Gasteiger partial charge in [0, 0.05) is 37.3 Å². The van der Waals surface area contributed by atoms with Crippen molar-refractivity contribution in [3.63, 3.8) is 0 Å². The Bertz CT molecular complexity index is 599. The zero-order valence-electron chi connectivity index (χ0n) is 12.7. The van der Waals surface area contributed by atoms with E-state index in [1.807, 2.05) is 31.9 Å². The minimum absolute atomic E-state index is 0.237. The monoisotopic (exact) mass is 339 g/mol. The molecule has 0 aliphatic heterocycles. The summed E-state index contributed by atoms with van der Waals surface area (Å²) in [6, 6.07) is 0.237. The van der Waals surface area contributed by atoms with Crippen LogP contribution in [0, 0.1) is 13.8 Å². The molecule has 0 bridgehead atoms. The predicted octanol–water partition coefficient (Wildman–Crippen LogP) is 2.52. The van der Waals surface area contributed by atoms with Crippen LogP contribution in [0.3, 0.4) is 0 Å². The Morgan fingerprint density at radius 2 is 2.10 bits per heavy atom. The molecule has 6 heteroatoms. The van der Waals surface area contributed by atoms with E-state index in [1.54, 1.807) is 0 Å². The van der Waals surface area contributed by atoms with Crippen molar-refractivity contribution in [1.29, 1.82) is 0 Å². The zero-order chi connectivity index (χ0) is 14.9. The largest absolute Gasteiger partial charge is 0.313 e. The second-order valence-corrected chi connectivity index (χ2v) is 5.81. The number of likely N-dealkylation sites (N-methyl/N-ethyl adjacent to an activating group) is 1. The maximum Gasteiger partial charge on any atom is 0.0738 e. The minimum atomic E-state index is 0.237. The Hall–Kier alpha value is -1.14. The van der Waals surface area contributed by atoms with Crippen LogP contribution in [0.25, 0.3) is 0 Å². The van der Waals surface area contributed by atoms with Crippen molar-refractivity contribution < 1.29 is 0 Å². The fourth-order valence-corrected chi connectivity index (χ4v) is 2.93. The third-order valence-electron chi connectivity index (χ3n) is 3.85. The summed E-state index contributed by atoms with van der Waals surface area (Å²) < 4.78 is 5.09. The quantitative estimate of drug-likeness (QED) is 0.910. The van der Waals surface area contributed by atoms with E-state index in [2.05, 4.69) is 50.0 Å². The van der Waals surface area contributed by atoms with Crippen LogP contribution in [0.2, 0.25) is 0 Å². The molecule has 0 aliphatic rings. The van der Waals surface area contributed by atoms with Crippen molar-refractivity contribution in [2.75, 3.05) is 7.05 Å². The van der Waals surface area contributed by atoms with Gasteiger partial charge in [0.15, 0.2) is 0 Å². The number of rotatable bonds is 5. The summed E-state index contributed by atoms with van der Waals surface area (Å²) in [7, 11) is 3.96. The van der Waals surface area contributed by atoms with E-state index in [1.165, 1.54) is 17.0 Å². The van der Waals surface area contributed by atoms with Crippen molar-refractivity contribution in [3.8, 4) is 0 Å². The molecule has 0 amide bonds. The highest BCUT2D eigenvalue weighted by molar-refractivity contribution is 9.10. The first-order chi connectivity index (χ1) is 9.49. The van der Waals surface area contributed by atoms with Gasteiger partial charge in [-0.05, 0) is 43.7 Å². The maximum absolute atomic E-state index is 4.56. The number of aryl methyl sites for hydroxylation is 3. The first-order valence-electron chi connectivity index (χ1n) is 6.87. The minimum Gasteiger partial charge on any atom is -0.313 e. The molecule has 2 rings (SSSR count). The maximum atomic E-state index is 4.56. The average molecular weight is 340 g/mol. The van der Waals surface area contributed by atoms with Crippen molar-refractivity contribution >= 4 is 15.9 Å². The number of halogens is 1. The van der Waals surface area contributed by atoms with Gasteiger partial charge in [0.25, 0.3) is 0 Å². The van der Waals surface area contributed by atoms with Crippen LogP contribution < -0.4 is 5.32 Å². The highest BCUT2D eigenvalue weighted by Crippen LogP contribution is 2.27. The molecule has 1 atom stereocenters. The fraction of sp³-hybridized carbons (Fsp3) is 0.571. The fourth-order valence-electron chi connectivity index (χ4n) is 2.48. The summed E-state index contributed by atoms with van der Waals surface area (Å²) in [6.45, 7) is 7.13. The van der Waals surface area contributed by atoms with Gasteiger partial charge in [0.1, 0.15) is 0 Å². The van der Waals surface area contributed by atoms with Gasteiger partial charge in [-0.3, -0.25) is 9.36 Å². The number of hydrogen-bond donors (Lipinski definition) is 1. The van der Waals surface area contributed by atoms with Crippen LogP contribution in [0.4, 0.5) is 0 Å². The van der Waals surface area contributed by atoms with Gasteiger partial charge < -0.3 is 5.32 Å². The average Bonchev–Trinajstić information content (AvgIpc) is 2.90. The molecule has 110 valence electrons. The summed E-state index contributed by atoms with van der Waals surface area (Å²) in [5.74, 6) is 0. The Morgan fingerprint density at radius 3 is 2.60 bits per heavy atom. The molecule has 0 saturated heterocycles. The number of hydrogen-bond acceptors (Lipinski definition) is 3. The van der Waals surface area contributed by atoms with Gasteiger partial charge in [0.2, 0.25) is 0 Å². The highest BCUT2D eigenvalue weighted by atomic mass is 79.9. The normalized spacial score (nSPS) is 12.9. The molecule has 1 unspecified atom stereocenters. The van der Waals surface area contributed by atoms with Crippen LogP contribution >= 0.6 is 15.9 Å². The lowest BCUT2D eigenvalue weighted by Crippen LogP contribution is -2.21. The number of nitrogens with zero attached hydrogens (tertiary/aromatic N) is 4. The summed E-state index contributed by atoms with van der Waals surface area (Å²) in [6.07, 6.45) is 2.84. The molecule has 2 aromatic heterocycles. The molecule has 0 fully saturated rings. The SMILES string of the molecule is CCn1nc(C)c(Br)c1CC(NC)c1cnn(C)c1C. The lowest BCUT2D eigenvalue weighted by Gasteiger charge is -2.17. The zero-order valence-corrected chi connectivity index (χ0v) is 14.3. The summed E-state index contributed by atoms with van der Waals surface area (Å²) in [4.78, 5) is 0. The van der Waals surface area contributed by atoms with Crippen molar-refractivity contribution in [3.05, 3.63) is 33.3 Å².